The van der Waals surface area contributed by atoms with Crippen molar-refractivity contribution in [2.45, 2.75) is 27.2 Å². The van der Waals surface area contributed by atoms with Gasteiger partial charge in [-0.1, -0.05) is 23.8 Å². The molecule has 2 amide bonds. The van der Waals surface area contributed by atoms with E-state index in [4.69, 9.17) is 4.74 Å². The molecule has 0 spiro atoms. The summed E-state index contributed by atoms with van der Waals surface area (Å²) in [5.74, 6) is 0.428. The van der Waals surface area contributed by atoms with Gasteiger partial charge < -0.3 is 15.0 Å². The zero-order valence-electron chi connectivity index (χ0n) is 15.1. The lowest BCUT2D eigenvalue weighted by Crippen LogP contribution is -2.32. The molecule has 0 aliphatic carbocycles. The summed E-state index contributed by atoms with van der Waals surface area (Å²) in [5.41, 5.74) is 3.68. The van der Waals surface area contributed by atoms with E-state index >= 15 is 0 Å². The normalized spacial score (nSPS) is 10.2. The second-order valence-corrected chi connectivity index (χ2v) is 5.99. The van der Waals surface area contributed by atoms with E-state index in [0.717, 1.165) is 16.8 Å². The van der Waals surface area contributed by atoms with E-state index in [1.807, 2.05) is 50.2 Å². The Morgan fingerprint density at radius 2 is 1.88 bits per heavy atom. The topological polar surface area (TPSA) is 58.6 Å². The van der Waals surface area contributed by atoms with Gasteiger partial charge in [0.1, 0.15) is 5.75 Å². The van der Waals surface area contributed by atoms with Crippen molar-refractivity contribution in [3.63, 3.8) is 0 Å². The van der Waals surface area contributed by atoms with Gasteiger partial charge in [-0.25, -0.2) is 0 Å². The van der Waals surface area contributed by atoms with E-state index in [0.29, 0.717) is 18.0 Å². The molecule has 0 bridgehead atoms. The van der Waals surface area contributed by atoms with Gasteiger partial charge in [0.25, 0.3) is 0 Å². The SMILES string of the molecule is COc1cccc(N(CCC(=O)Nc2ccc(C)cc2C)C(C)=O)c1. The molecule has 0 saturated heterocycles. The molecule has 0 heterocycles. The zero-order valence-corrected chi connectivity index (χ0v) is 15.1. The summed E-state index contributed by atoms with van der Waals surface area (Å²) >= 11 is 0. The Morgan fingerprint density at radius 1 is 1.12 bits per heavy atom. The third-order valence-corrected chi connectivity index (χ3v) is 3.96. The molecular weight excluding hydrogens is 316 g/mol. The smallest absolute Gasteiger partial charge is 0.226 e. The molecule has 25 heavy (non-hydrogen) atoms. The highest BCUT2D eigenvalue weighted by Crippen LogP contribution is 2.22. The van der Waals surface area contributed by atoms with Gasteiger partial charge in [-0.2, -0.15) is 0 Å². The fourth-order valence-corrected chi connectivity index (χ4v) is 2.63. The van der Waals surface area contributed by atoms with Gasteiger partial charge in [-0.15, -0.1) is 0 Å². The van der Waals surface area contributed by atoms with Crippen LogP contribution >= 0.6 is 0 Å². The van der Waals surface area contributed by atoms with Crippen LogP contribution in [0.3, 0.4) is 0 Å². The molecule has 132 valence electrons. The first-order chi connectivity index (χ1) is 11.9. The Kier molecular flexibility index (Phi) is 6.17. The number of carbonyl (C=O) groups is 2. The molecule has 1 N–H and O–H groups in total. The Balaban J connectivity index is 2.03. The van der Waals surface area contributed by atoms with E-state index in [2.05, 4.69) is 5.32 Å². The van der Waals surface area contributed by atoms with Gasteiger partial charge in [-0.3, -0.25) is 9.59 Å². The lowest BCUT2D eigenvalue weighted by molar-refractivity contribution is -0.117. The Bertz CT molecular complexity index is 771. The number of carbonyl (C=O) groups excluding carboxylic acids is 2. The molecule has 2 rings (SSSR count). The van der Waals surface area contributed by atoms with Crippen LogP contribution in [0, 0.1) is 13.8 Å². The number of nitrogens with one attached hydrogen (secondary N) is 1. The van der Waals surface area contributed by atoms with Crippen LogP contribution in [0.1, 0.15) is 24.5 Å². The number of aryl methyl sites for hydroxylation is 2. The Morgan fingerprint density at radius 3 is 2.52 bits per heavy atom. The van der Waals surface area contributed by atoms with Gasteiger partial charge in [-0.05, 0) is 37.6 Å². The molecule has 0 aliphatic rings. The third kappa shape index (κ3) is 5.08. The maximum absolute atomic E-state index is 12.3. The predicted molar refractivity (Wildman–Crippen MR) is 100 cm³/mol. The van der Waals surface area contributed by atoms with Gasteiger partial charge >= 0.3 is 0 Å². The lowest BCUT2D eigenvalue weighted by atomic mass is 10.1. The highest BCUT2D eigenvalue weighted by molar-refractivity contribution is 5.95. The minimum Gasteiger partial charge on any atom is -0.497 e. The van der Waals surface area contributed by atoms with Gasteiger partial charge in [0.05, 0.1) is 7.11 Å². The van der Waals surface area contributed by atoms with E-state index in [-0.39, 0.29) is 18.2 Å². The summed E-state index contributed by atoms with van der Waals surface area (Å²) < 4.78 is 5.19. The van der Waals surface area contributed by atoms with Gasteiger partial charge in [0.2, 0.25) is 11.8 Å². The van der Waals surface area contributed by atoms with E-state index < -0.39 is 0 Å². The fraction of sp³-hybridized carbons (Fsp3) is 0.300. The Labute approximate surface area is 148 Å². The standard InChI is InChI=1S/C20H24N2O3/c1-14-8-9-19(15(2)12-14)21-20(24)10-11-22(16(3)23)17-6-5-7-18(13-17)25-4/h5-9,12-13H,10-11H2,1-4H3,(H,21,24). The molecule has 0 aromatic heterocycles. The number of ether oxygens (including phenoxy) is 1. The summed E-state index contributed by atoms with van der Waals surface area (Å²) in [5, 5.41) is 2.90. The number of nitrogens with zero attached hydrogens (tertiary/aromatic N) is 1. The van der Waals surface area contributed by atoms with Crippen LogP contribution in [0.4, 0.5) is 11.4 Å². The molecular formula is C20H24N2O3. The number of hydrogen-bond donors (Lipinski definition) is 1. The van der Waals surface area contributed by atoms with Crippen LogP contribution in [0.2, 0.25) is 0 Å². The number of anilines is 2. The summed E-state index contributed by atoms with van der Waals surface area (Å²) in [4.78, 5) is 25.8. The molecule has 0 unspecified atom stereocenters. The second-order valence-electron chi connectivity index (χ2n) is 5.99. The largest absolute Gasteiger partial charge is 0.497 e. The highest BCUT2D eigenvalue weighted by atomic mass is 16.5. The van der Waals surface area contributed by atoms with Crippen molar-refractivity contribution < 1.29 is 14.3 Å². The maximum atomic E-state index is 12.3. The minimum absolute atomic E-state index is 0.118. The summed E-state index contributed by atoms with van der Waals surface area (Å²) in [7, 11) is 1.58. The van der Waals surface area contributed by atoms with Crippen LogP contribution < -0.4 is 15.0 Å². The fourth-order valence-electron chi connectivity index (χ4n) is 2.63. The number of methoxy groups -OCH3 is 1. The van der Waals surface area contributed by atoms with Crippen molar-refractivity contribution in [1.82, 2.24) is 0 Å². The van der Waals surface area contributed by atoms with Gasteiger partial charge in [0, 0.05) is 37.3 Å². The summed E-state index contributed by atoms with van der Waals surface area (Å²) in [6.45, 7) is 5.76. The Hall–Kier alpha value is -2.82. The molecule has 5 heteroatoms. The molecule has 5 nitrogen and oxygen atoms in total. The van der Waals surface area contributed by atoms with Crippen molar-refractivity contribution in [2.24, 2.45) is 0 Å². The zero-order chi connectivity index (χ0) is 18.4. The van der Waals surface area contributed by atoms with Crippen molar-refractivity contribution in [3.05, 3.63) is 53.6 Å². The van der Waals surface area contributed by atoms with Crippen LogP contribution in [0.15, 0.2) is 42.5 Å². The molecule has 0 saturated carbocycles. The van der Waals surface area contributed by atoms with Crippen molar-refractivity contribution >= 4 is 23.2 Å². The molecule has 0 fully saturated rings. The second kappa shape index (κ2) is 8.33. The van der Waals surface area contributed by atoms with Crippen LogP contribution in [-0.4, -0.2) is 25.5 Å². The first kappa shape index (κ1) is 18.5. The van der Waals surface area contributed by atoms with Crippen LogP contribution in [0.25, 0.3) is 0 Å². The van der Waals surface area contributed by atoms with E-state index in [1.54, 1.807) is 18.1 Å². The number of amides is 2. The molecule has 2 aromatic carbocycles. The first-order valence-corrected chi connectivity index (χ1v) is 8.20. The average Bonchev–Trinajstić information content (AvgIpc) is 2.57. The van der Waals surface area contributed by atoms with E-state index in [1.165, 1.54) is 6.92 Å². The van der Waals surface area contributed by atoms with Crippen molar-refractivity contribution in [2.75, 3.05) is 23.9 Å². The molecule has 2 aromatic rings. The van der Waals surface area contributed by atoms with Crippen LogP contribution in [0.5, 0.6) is 5.75 Å². The summed E-state index contributed by atoms with van der Waals surface area (Å²) in [6, 6.07) is 13.1. The molecule has 0 aliphatic heterocycles. The minimum atomic E-state index is -0.124. The van der Waals surface area contributed by atoms with Crippen molar-refractivity contribution in [1.29, 1.82) is 0 Å². The third-order valence-electron chi connectivity index (χ3n) is 3.96. The number of rotatable bonds is 6. The van der Waals surface area contributed by atoms with Gasteiger partial charge in [0.15, 0.2) is 0 Å². The average molecular weight is 340 g/mol. The molecule has 0 atom stereocenters. The number of hydrogen-bond acceptors (Lipinski definition) is 3. The van der Waals surface area contributed by atoms with E-state index in [9.17, 15) is 9.59 Å². The van der Waals surface area contributed by atoms with Crippen LogP contribution in [-0.2, 0) is 9.59 Å². The quantitative estimate of drug-likeness (QED) is 0.872. The monoisotopic (exact) mass is 340 g/mol. The first-order valence-electron chi connectivity index (χ1n) is 8.20. The molecule has 0 radical (unpaired) electrons. The number of benzene rings is 2. The van der Waals surface area contributed by atoms with Crippen molar-refractivity contribution in [3.8, 4) is 5.75 Å². The highest BCUT2D eigenvalue weighted by Gasteiger charge is 2.14. The lowest BCUT2D eigenvalue weighted by Gasteiger charge is -2.21. The summed E-state index contributed by atoms with van der Waals surface area (Å²) in [6.07, 6.45) is 0.212. The maximum Gasteiger partial charge on any atom is 0.226 e. The predicted octanol–water partition coefficient (Wildman–Crippen LogP) is 3.69.